The van der Waals surface area contributed by atoms with Gasteiger partial charge in [-0.3, -0.25) is 0 Å². The number of anilines is 2. The van der Waals surface area contributed by atoms with Gasteiger partial charge < -0.3 is 14.1 Å². The summed E-state index contributed by atoms with van der Waals surface area (Å²) < 4.78 is 47.0. The Morgan fingerprint density at radius 1 is 0.852 bits per heavy atom. The number of alkyl halides is 3. The third kappa shape index (κ3) is 3.18. The van der Waals surface area contributed by atoms with Crippen molar-refractivity contribution in [3.63, 3.8) is 0 Å². The molecule has 138 valence electrons. The predicted molar refractivity (Wildman–Crippen MR) is 99.6 cm³/mol. The Hall–Kier alpha value is -3.15. The first-order valence-electron chi connectivity index (χ1n) is 8.34. The standard InChI is InChI=1S/C21H16F3NO2/c1-13-5-3-6-16-17-7-4-8-18(20(17)26-19(13)16)25(2)14-9-11-15(12-10-14)27-21(22,23)24/h3-12H,1-2H3. The average molecular weight is 371 g/mol. The lowest BCUT2D eigenvalue weighted by atomic mass is 10.1. The number of halogens is 3. The SMILES string of the molecule is Cc1cccc2c1oc1c(N(C)c3ccc(OC(F)(F)F)cc3)cccc12. The van der Waals surface area contributed by atoms with Gasteiger partial charge in [0.15, 0.2) is 5.58 Å². The smallest absolute Gasteiger partial charge is 0.454 e. The predicted octanol–water partition coefficient (Wildman–Crippen LogP) is 6.56. The van der Waals surface area contributed by atoms with E-state index < -0.39 is 6.36 Å². The maximum atomic E-state index is 12.3. The first-order chi connectivity index (χ1) is 12.8. The Morgan fingerprint density at radius 3 is 2.15 bits per heavy atom. The Morgan fingerprint density at radius 2 is 1.48 bits per heavy atom. The van der Waals surface area contributed by atoms with E-state index in [1.165, 1.54) is 12.1 Å². The zero-order valence-electron chi connectivity index (χ0n) is 14.7. The maximum absolute atomic E-state index is 12.3. The molecule has 0 aliphatic heterocycles. The van der Waals surface area contributed by atoms with Crippen molar-refractivity contribution in [2.24, 2.45) is 0 Å². The summed E-state index contributed by atoms with van der Waals surface area (Å²) in [6, 6.07) is 17.6. The van der Waals surface area contributed by atoms with Crippen LogP contribution in [0.1, 0.15) is 5.56 Å². The number of benzene rings is 3. The molecule has 3 aromatic carbocycles. The Balaban J connectivity index is 1.75. The molecule has 0 aliphatic rings. The molecule has 0 aliphatic carbocycles. The van der Waals surface area contributed by atoms with Crippen LogP contribution >= 0.6 is 0 Å². The van der Waals surface area contributed by atoms with Crippen LogP contribution in [0.5, 0.6) is 5.75 Å². The molecule has 0 unspecified atom stereocenters. The zero-order valence-corrected chi connectivity index (χ0v) is 14.7. The summed E-state index contributed by atoms with van der Waals surface area (Å²) >= 11 is 0. The molecule has 0 saturated carbocycles. The molecule has 0 bridgehead atoms. The van der Waals surface area contributed by atoms with Gasteiger partial charge >= 0.3 is 6.36 Å². The van der Waals surface area contributed by atoms with Crippen molar-refractivity contribution in [2.45, 2.75) is 13.3 Å². The molecule has 0 radical (unpaired) electrons. The summed E-state index contributed by atoms with van der Waals surface area (Å²) in [5.74, 6) is -0.253. The summed E-state index contributed by atoms with van der Waals surface area (Å²) in [5, 5.41) is 2.03. The molecule has 27 heavy (non-hydrogen) atoms. The second-order valence-corrected chi connectivity index (χ2v) is 6.31. The highest BCUT2D eigenvalue weighted by Gasteiger charge is 2.31. The number of para-hydroxylation sites is 2. The van der Waals surface area contributed by atoms with E-state index in [0.717, 1.165) is 33.2 Å². The van der Waals surface area contributed by atoms with Crippen LogP contribution < -0.4 is 9.64 Å². The summed E-state index contributed by atoms with van der Waals surface area (Å²) in [6.07, 6.45) is -4.70. The number of hydrogen-bond acceptors (Lipinski definition) is 3. The van der Waals surface area contributed by atoms with Crippen molar-refractivity contribution in [3.05, 3.63) is 66.2 Å². The highest BCUT2D eigenvalue weighted by atomic mass is 19.4. The molecule has 4 aromatic rings. The Kier molecular flexibility index (Phi) is 3.98. The van der Waals surface area contributed by atoms with Gasteiger partial charge in [-0.25, -0.2) is 0 Å². The molecule has 0 N–H and O–H groups in total. The number of ether oxygens (including phenoxy) is 1. The van der Waals surface area contributed by atoms with Crippen molar-refractivity contribution in [1.82, 2.24) is 0 Å². The van der Waals surface area contributed by atoms with Gasteiger partial charge in [0.1, 0.15) is 11.3 Å². The van der Waals surface area contributed by atoms with Gasteiger partial charge in [0.25, 0.3) is 0 Å². The molecule has 1 heterocycles. The molecule has 0 saturated heterocycles. The van der Waals surface area contributed by atoms with Gasteiger partial charge in [0, 0.05) is 23.5 Å². The maximum Gasteiger partial charge on any atom is 0.573 e. The molecule has 0 spiro atoms. The van der Waals surface area contributed by atoms with Crippen LogP contribution in [-0.4, -0.2) is 13.4 Å². The van der Waals surface area contributed by atoms with E-state index in [1.807, 2.05) is 55.3 Å². The summed E-state index contributed by atoms with van der Waals surface area (Å²) in [5.41, 5.74) is 4.16. The largest absolute Gasteiger partial charge is 0.573 e. The molecule has 0 amide bonds. The van der Waals surface area contributed by atoms with E-state index in [1.54, 1.807) is 12.1 Å². The highest BCUT2D eigenvalue weighted by molar-refractivity contribution is 6.10. The second kappa shape index (κ2) is 6.23. The van der Waals surface area contributed by atoms with Crippen molar-refractivity contribution in [1.29, 1.82) is 0 Å². The number of rotatable bonds is 3. The lowest BCUT2D eigenvalue weighted by molar-refractivity contribution is -0.274. The molecular weight excluding hydrogens is 355 g/mol. The van der Waals surface area contributed by atoms with Crippen LogP contribution in [-0.2, 0) is 0 Å². The van der Waals surface area contributed by atoms with E-state index in [4.69, 9.17) is 4.42 Å². The van der Waals surface area contributed by atoms with Gasteiger partial charge in [-0.05, 0) is 42.8 Å². The lowest BCUT2D eigenvalue weighted by Crippen LogP contribution is -2.17. The van der Waals surface area contributed by atoms with E-state index in [9.17, 15) is 13.2 Å². The van der Waals surface area contributed by atoms with Crippen molar-refractivity contribution in [2.75, 3.05) is 11.9 Å². The van der Waals surface area contributed by atoms with Crippen LogP contribution in [0.15, 0.2) is 65.1 Å². The molecule has 1 aromatic heterocycles. The van der Waals surface area contributed by atoms with Crippen molar-refractivity contribution in [3.8, 4) is 5.75 Å². The van der Waals surface area contributed by atoms with E-state index in [0.29, 0.717) is 5.69 Å². The molecule has 0 fully saturated rings. The topological polar surface area (TPSA) is 25.6 Å². The van der Waals surface area contributed by atoms with Crippen LogP contribution in [0.25, 0.3) is 21.9 Å². The van der Waals surface area contributed by atoms with E-state index in [2.05, 4.69) is 4.74 Å². The highest BCUT2D eigenvalue weighted by Crippen LogP contribution is 2.38. The first-order valence-corrected chi connectivity index (χ1v) is 8.34. The fraction of sp³-hybridized carbons (Fsp3) is 0.143. The number of furan rings is 1. The number of aryl methyl sites for hydroxylation is 1. The third-order valence-electron chi connectivity index (χ3n) is 4.52. The van der Waals surface area contributed by atoms with E-state index >= 15 is 0 Å². The minimum absolute atomic E-state index is 0.253. The molecule has 3 nitrogen and oxygen atoms in total. The fourth-order valence-corrected chi connectivity index (χ4v) is 3.22. The van der Waals surface area contributed by atoms with Crippen LogP contribution in [0, 0.1) is 6.92 Å². The summed E-state index contributed by atoms with van der Waals surface area (Å²) in [6.45, 7) is 1.99. The van der Waals surface area contributed by atoms with Gasteiger partial charge in [0.2, 0.25) is 0 Å². The van der Waals surface area contributed by atoms with Gasteiger partial charge in [0.05, 0.1) is 5.69 Å². The van der Waals surface area contributed by atoms with Crippen molar-refractivity contribution >= 4 is 33.3 Å². The monoisotopic (exact) mass is 371 g/mol. The fourth-order valence-electron chi connectivity index (χ4n) is 3.22. The quantitative estimate of drug-likeness (QED) is 0.408. The summed E-state index contributed by atoms with van der Waals surface area (Å²) in [4.78, 5) is 1.87. The summed E-state index contributed by atoms with van der Waals surface area (Å²) in [7, 11) is 1.84. The lowest BCUT2D eigenvalue weighted by Gasteiger charge is -2.20. The van der Waals surface area contributed by atoms with Gasteiger partial charge in [-0.15, -0.1) is 13.2 Å². The molecular formula is C21H16F3NO2. The second-order valence-electron chi connectivity index (χ2n) is 6.31. The van der Waals surface area contributed by atoms with E-state index in [-0.39, 0.29) is 5.75 Å². The number of fused-ring (bicyclic) bond motifs is 3. The Labute approximate surface area is 153 Å². The molecule has 0 atom stereocenters. The van der Waals surface area contributed by atoms with Gasteiger partial charge in [-0.1, -0.05) is 30.3 Å². The van der Waals surface area contributed by atoms with Crippen LogP contribution in [0.2, 0.25) is 0 Å². The average Bonchev–Trinajstić information content (AvgIpc) is 3.01. The minimum atomic E-state index is -4.70. The number of nitrogens with zero attached hydrogens (tertiary/aromatic N) is 1. The number of hydrogen-bond donors (Lipinski definition) is 0. The van der Waals surface area contributed by atoms with Crippen LogP contribution in [0.4, 0.5) is 24.5 Å². The first kappa shape index (κ1) is 17.3. The zero-order chi connectivity index (χ0) is 19.2. The van der Waals surface area contributed by atoms with Crippen molar-refractivity contribution < 1.29 is 22.3 Å². The molecule has 6 heteroatoms. The molecule has 4 rings (SSSR count). The normalized spacial score (nSPS) is 11.9. The van der Waals surface area contributed by atoms with Gasteiger partial charge in [-0.2, -0.15) is 0 Å². The van der Waals surface area contributed by atoms with Crippen LogP contribution in [0.3, 0.4) is 0 Å². The third-order valence-corrected chi connectivity index (χ3v) is 4.52. The Bertz CT molecular complexity index is 1110. The minimum Gasteiger partial charge on any atom is -0.454 e.